The molecule has 0 aliphatic carbocycles. The van der Waals surface area contributed by atoms with Crippen LogP contribution in [-0.2, 0) is 12.8 Å². The molecule has 0 heterocycles. The Hall–Kier alpha value is -3.20. The molecule has 3 aromatic carbocycles. The summed E-state index contributed by atoms with van der Waals surface area (Å²) in [6.45, 7) is 8.33. The van der Waals surface area contributed by atoms with Gasteiger partial charge in [0.05, 0.1) is 0 Å². The highest BCUT2D eigenvalue weighted by atomic mass is 14.9. The SMILES string of the molecule is CCCC(CCCc1ccccc1)CCc1cccc(-c2cccc(C(=N)N=C(N)C(C)(C)C)c2)c1. The molecule has 1 unspecified atom stereocenters. The van der Waals surface area contributed by atoms with Crippen molar-refractivity contribution in [3.63, 3.8) is 0 Å². The van der Waals surface area contributed by atoms with Gasteiger partial charge in [-0.2, -0.15) is 0 Å². The third kappa shape index (κ3) is 8.48. The topological polar surface area (TPSA) is 62.2 Å². The normalized spacial score (nSPS) is 12.9. The minimum absolute atomic E-state index is 0.207. The molecule has 0 aliphatic rings. The van der Waals surface area contributed by atoms with E-state index in [-0.39, 0.29) is 11.3 Å². The van der Waals surface area contributed by atoms with E-state index in [1.54, 1.807) is 0 Å². The summed E-state index contributed by atoms with van der Waals surface area (Å²) >= 11 is 0. The van der Waals surface area contributed by atoms with E-state index in [9.17, 15) is 0 Å². The summed E-state index contributed by atoms with van der Waals surface area (Å²) in [5.74, 6) is 1.46. The monoisotopic (exact) mass is 481 g/mol. The Morgan fingerprint density at radius 3 is 2.17 bits per heavy atom. The zero-order valence-electron chi connectivity index (χ0n) is 22.6. The number of hydrogen-bond donors (Lipinski definition) is 2. The summed E-state index contributed by atoms with van der Waals surface area (Å²) in [5.41, 5.74) is 11.8. The van der Waals surface area contributed by atoms with Gasteiger partial charge in [-0.25, -0.2) is 4.99 Å². The minimum Gasteiger partial charge on any atom is -0.387 e. The Balaban J connectivity index is 1.64. The van der Waals surface area contributed by atoms with Crippen molar-refractivity contribution in [1.82, 2.24) is 0 Å². The maximum Gasteiger partial charge on any atom is 0.153 e. The summed E-state index contributed by atoms with van der Waals surface area (Å²) < 4.78 is 0. The lowest BCUT2D eigenvalue weighted by atomic mass is 9.89. The number of aliphatic imine (C=N–C) groups is 1. The molecule has 3 aromatic rings. The molecule has 0 radical (unpaired) electrons. The second-order valence-electron chi connectivity index (χ2n) is 10.9. The minimum atomic E-state index is -0.255. The summed E-state index contributed by atoms with van der Waals surface area (Å²) in [6.07, 6.45) is 8.62. The van der Waals surface area contributed by atoms with Crippen LogP contribution in [0.25, 0.3) is 11.1 Å². The average molecular weight is 482 g/mol. The molecular formula is C33H43N3. The lowest BCUT2D eigenvalue weighted by Gasteiger charge is -2.17. The molecule has 0 amide bonds. The molecule has 0 spiro atoms. The van der Waals surface area contributed by atoms with E-state index in [0.29, 0.717) is 5.84 Å². The van der Waals surface area contributed by atoms with E-state index in [4.69, 9.17) is 11.1 Å². The number of amidine groups is 2. The van der Waals surface area contributed by atoms with Crippen LogP contribution < -0.4 is 5.73 Å². The van der Waals surface area contributed by atoms with Gasteiger partial charge in [0.2, 0.25) is 0 Å². The Labute approximate surface area is 218 Å². The molecule has 0 saturated carbocycles. The van der Waals surface area contributed by atoms with Crippen molar-refractivity contribution < 1.29 is 0 Å². The van der Waals surface area contributed by atoms with Gasteiger partial charge in [-0.05, 0) is 59.9 Å². The van der Waals surface area contributed by atoms with Gasteiger partial charge in [0, 0.05) is 11.0 Å². The first-order valence-electron chi connectivity index (χ1n) is 13.4. The average Bonchev–Trinajstić information content (AvgIpc) is 2.87. The van der Waals surface area contributed by atoms with Gasteiger partial charge in [0.1, 0.15) is 5.84 Å². The van der Waals surface area contributed by atoms with Crippen molar-refractivity contribution in [1.29, 1.82) is 5.41 Å². The van der Waals surface area contributed by atoms with Crippen LogP contribution in [0, 0.1) is 16.7 Å². The number of nitrogens with one attached hydrogen (secondary N) is 1. The maximum absolute atomic E-state index is 8.44. The van der Waals surface area contributed by atoms with Crippen molar-refractivity contribution >= 4 is 11.7 Å². The Morgan fingerprint density at radius 2 is 1.47 bits per heavy atom. The van der Waals surface area contributed by atoms with Crippen LogP contribution in [-0.4, -0.2) is 11.7 Å². The molecular weight excluding hydrogens is 438 g/mol. The summed E-state index contributed by atoms with van der Waals surface area (Å²) in [4.78, 5) is 4.36. The third-order valence-electron chi connectivity index (χ3n) is 6.86. The van der Waals surface area contributed by atoms with Gasteiger partial charge in [-0.3, -0.25) is 5.41 Å². The zero-order chi connectivity index (χ0) is 26.0. The number of benzene rings is 3. The lowest BCUT2D eigenvalue weighted by Crippen LogP contribution is -2.30. The summed E-state index contributed by atoms with van der Waals surface area (Å²) in [5, 5.41) is 8.44. The van der Waals surface area contributed by atoms with E-state index in [1.165, 1.54) is 55.2 Å². The zero-order valence-corrected chi connectivity index (χ0v) is 22.6. The van der Waals surface area contributed by atoms with Gasteiger partial charge in [-0.15, -0.1) is 0 Å². The number of hydrogen-bond acceptors (Lipinski definition) is 1. The van der Waals surface area contributed by atoms with Gasteiger partial charge in [0.25, 0.3) is 0 Å². The molecule has 0 aliphatic heterocycles. The van der Waals surface area contributed by atoms with Crippen molar-refractivity contribution in [2.75, 3.05) is 0 Å². The molecule has 1 atom stereocenters. The van der Waals surface area contributed by atoms with Crippen molar-refractivity contribution in [2.45, 2.75) is 72.6 Å². The molecule has 0 fully saturated rings. The van der Waals surface area contributed by atoms with Crippen LogP contribution in [0.4, 0.5) is 0 Å². The number of nitrogens with zero attached hydrogens (tertiary/aromatic N) is 1. The van der Waals surface area contributed by atoms with Gasteiger partial charge >= 0.3 is 0 Å². The molecule has 3 N–H and O–H groups in total. The van der Waals surface area contributed by atoms with Crippen molar-refractivity contribution in [3.8, 4) is 11.1 Å². The highest BCUT2D eigenvalue weighted by Gasteiger charge is 2.16. The molecule has 36 heavy (non-hydrogen) atoms. The fraction of sp³-hybridized carbons (Fsp3) is 0.394. The predicted molar refractivity (Wildman–Crippen MR) is 156 cm³/mol. The molecule has 3 nitrogen and oxygen atoms in total. The first kappa shape index (κ1) is 27.4. The highest BCUT2D eigenvalue weighted by molar-refractivity contribution is 6.06. The Morgan fingerprint density at radius 1 is 0.806 bits per heavy atom. The molecule has 3 heteroatoms. The Bertz CT molecular complexity index is 1140. The van der Waals surface area contributed by atoms with Crippen LogP contribution >= 0.6 is 0 Å². The molecule has 0 bridgehead atoms. The van der Waals surface area contributed by atoms with E-state index in [2.05, 4.69) is 72.6 Å². The predicted octanol–water partition coefficient (Wildman–Crippen LogP) is 8.45. The van der Waals surface area contributed by atoms with E-state index in [1.807, 2.05) is 39.0 Å². The molecule has 0 saturated heterocycles. The lowest BCUT2D eigenvalue weighted by molar-refractivity contribution is 0.404. The smallest absolute Gasteiger partial charge is 0.153 e. The van der Waals surface area contributed by atoms with Gasteiger partial charge < -0.3 is 5.73 Å². The first-order chi connectivity index (χ1) is 17.3. The second-order valence-corrected chi connectivity index (χ2v) is 10.9. The van der Waals surface area contributed by atoms with Crippen molar-refractivity contribution in [3.05, 3.63) is 95.6 Å². The molecule has 0 aromatic heterocycles. The van der Waals surface area contributed by atoms with Crippen LogP contribution in [0.1, 0.15) is 76.5 Å². The quantitative estimate of drug-likeness (QED) is 0.209. The second kappa shape index (κ2) is 13.2. The van der Waals surface area contributed by atoms with Crippen LogP contribution in [0.3, 0.4) is 0 Å². The summed E-state index contributed by atoms with van der Waals surface area (Å²) in [7, 11) is 0. The van der Waals surface area contributed by atoms with Crippen molar-refractivity contribution in [2.24, 2.45) is 22.1 Å². The largest absolute Gasteiger partial charge is 0.387 e. The van der Waals surface area contributed by atoms with Gasteiger partial charge in [0.15, 0.2) is 5.84 Å². The molecule has 190 valence electrons. The summed E-state index contributed by atoms with van der Waals surface area (Å²) in [6, 6.07) is 27.8. The van der Waals surface area contributed by atoms with Crippen LogP contribution in [0.2, 0.25) is 0 Å². The first-order valence-corrected chi connectivity index (χ1v) is 13.4. The fourth-order valence-electron chi connectivity index (χ4n) is 4.56. The molecule has 3 rings (SSSR count). The maximum atomic E-state index is 8.44. The van der Waals surface area contributed by atoms with Crippen LogP contribution in [0.5, 0.6) is 0 Å². The number of aryl methyl sites for hydroxylation is 2. The number of nitrogens with two attached hydrogens (primary N) is 1. The van der Waals surface area contributed by atoms with E-state index < -0.39 is 0 Å². The fourth-order valence-corrected chi connectivity index (χ4v) is 4.56. The van der Waals surface area contributed by atoms with E-state index in [0.717, 1.165) is 23.5 Å². The van der Waals surface area contributed by atoms with E-state index >= 15 is 0 Å². The van der Waals surface area contributed by atoms with Crippen LogP contribution in [0.15, 0.2) is 83.9 Å². The Kier molecular flexibility index (Phi) is 10.0. The third-order valence-corrected chi connectivity index (χ3v) is 6.86. The standard InChI is InChI=1S/C33H43N3/c1-5-12-25(15-9-16-26-13-7-6-8-14-26)21-22-27-17-10-18-28(23-27)29-19-11-20-30(24-29)31(34)36-32(35)33(2,3)4/h6-8,10-11,13-14,17-20,23-25H,5,9,12,15-16,21-22H2,1-4H3,(H3,34,35,36). The highest BCUT2D eigenvalue weighted by Crippen LogP contribution is 2.26. The van der Waals surface area contributed by atoms with Gasteiger partial charge in [-0.1, -0.05) is 120 Å². The number of rotatable bonds is 11.